The number of benzene rings is 4. The van der Waals surface area contributed by atoms with Crippen molar-refractivity contribution in [1.29, 1.82) is 0 Å². The summed E-state index contributed by atoms with van der Waals surface area (Å²) < 4.78 is 71.7. The molecule has 4 aromatic carbocycles. The number of hydrogen-bond donors (Lipinski definition) is 0. The first-order valence-corrected chi connectivity index (χ1v) is 38.8. The van der Waals surface area contributed by atoms with Crippen LogP contribution in [0.4, 0.5) is 0 Å². The zero-order valence-electron chi connectivity index (χ0n) is 55.5. The molecule has 9 heteroatoms. The van der Waals surface area contributed by atoms with Gasteiger partial charge in [-0.2, -0.15) is 0 Å². The molecule has 0 amide bonds. The van der Waals surface area contributed by atoms with Crippen LogP contribution in [0.3, 0.4) is 0 Å². The maximum Gasteiger partial charge on any atom is 2.00 e. The zero-order chi connectivity index (χ0) is 60.6. The van der Waals surface area contributed by atoms with Gasteiger partial charge in [0.1, 0.15) is 20.2 Å². The Morgan fingerprint density at radius 2 is 0.447 bits per heavy atom. The van der Waals surface area contributed by atoms with E-state index in [1.165, 1.54) is 330 Å². The van der Waals surface area contributed by atoms with Crippen molar-refractivity contribution in [1.82, 2.24) is 0 Å². The first-order valence-electron chi connectivity index (χ1n) is 36.0. The van der Waals surface area contributed by atoms with E-state index in [-0.39, 0.29) is 47.5 Å². The summed E-state index contributed by atoms with van der Waals surface area (Å²) in [6, 6.07) is 18.4. The molecule has 0 aliphatic heterocycles. The summed E-state index contributed by atoms with van der Waals surface area (Å²) in [4.78, 5) is -0.152. The van der Waals surface area contributed by atoms with Crippen molar-refractivity contribution < 1.29 is 25.9 Å². The molecule has 6 nitrogen and oxygen atoms in total. The molecule has 0 heterocycles. The number of hydrogen-bond acceptors (Lipinski definition) is 6. The quantitative estimate of drug-likeness (QED) is 0.0247. The van der Waals surface area contributed by atoms with Crippen molar-refractivity contribution in [2.45, 2.75) is 371 Å². The molecule has 85 heavy (non-hydrogen) atoms. The first kappa shape index (κ1) is 79.6. The molecular formula is C76H126CaO6S2. The molecule has 0 unspecified atom stereocenters. The fourth-order valence-corrected chi connectivity index (χ4v) is 14.4. The maximum atomic E-state index is 12.0. The van der Waals surface area contributed by atoms with E-state index in [4.69, 9.17) is 0 Å². The van der Waals surface area contributed by atoms with Gasteiger partial charge in [-0.3, -0.25) is 0 Å². The number of unbranched alkanes of at least 4 members (excludes halogenated alkanes) is 44. The fourth-order valence-electron chi connectivity index (χ4n) is 13.0. The number of fused-ring (bicyclic) bond motifs is 2. The van der Waals surface area contributed by atoms with Gasteiger partial charge in [-0.15, -0.1) is 0 Å². The van der Waals surface area contributed by atoms with Gasteiger partial charge in [0.2, 0.25) is 0 Å². The third-order valence-corrected chi connectivity index (χ3v) is 19.9. The second-order valence-electron chi connectivity index (χ2n) is 25.6. The van der Waals surface area contributed by atoms with Crippen molar-refractivity contribution in [2.75, 3.05) is 0 Å². The Hall–Kier alpha value is -1.52. The summed E-state index contributed by atoms with van der Waals surface area (Å²) in [5.74, 6) is 0. The molecule has 0 aromatic heterocycles. The Labute approximate surface area is 555 Å². The number of rotatable bonds is 54. The van der Waals surface area contributed by atoms with Crippen LogP contribution in [-0.4, -0.2) is 63.7 Å². The third-order valence-electron chi connectivity index (χ3n) is 18.2. The van der Waals surface area contributed by atoms with Gasteiger partial charge in [-0.25, -0.2) is 16.8 Å². The molecule has 0 N–H and O–H groups in total. The molecule has 0 saturated carbocycles. The maximum absolute atomic E-state index is 12.0. The van der Waals surface area contributed by atoms with Crippen LogP contribution in [0.1, 0.15) is 358 Å². The molecule has 0 aliphatic carbocycles. The Morgan fingerprint density at radius 1 is 0.247 bits per heavy atom. The average Bonchev–Trinajstić information content (AvgIpc) is 1.41. The van der Waals surface area contributed by atoms with E-state index in [1.807, 2.05) is 24.3 Å². The van der Waals surface area contributed by atoms with Gasteiger partial charge in [0.15, 0.2) is 0 Å². The van der Waals surface area contributed by atoms with E-state index in [0.29, 0.717) is 10.8 Å². The summed E-state index contributed by atoms with van der Waals surface area (Å²) in [6.45, 7) is 9.10. The molecule has 0 atom stereocenters. The molecule has 0 saturated heterocycles. The largest absolute Gasteiger partial charge is 2.00 e. The van der Waals surface area contributed by atoms with Crippen LogP contribution >= 0.6 is 0 Å². The molecule has 0 radical (unpaired) electrons. The van der Waals surface area contributed by atoms with Crippen molar-refractivity contribution in [3.8, 4) is 0 Å². The second-order valence-corrected chi connectivity index (χ2v) is 28.3. The Kier molecular flexibility index (Phi) is 48.8. The molecule has 480 valence electrons. The van der Waals surface area contributed by atoms with Crippen molar-refractivity contribution in [2.24, 2.45) is 0 Å². The molecular weight excluding hydrogens is 1110 g/mol. The van der Waals surface area contributed by atoms with Gasteiger partial charge < -0.3 is 9.11 Å². The van der Waals surface area contributed by atoms with Gasteiger partial charge in [-0.05, 0) is 107 Å². The van der Waals surface area contributed by atoms with Gasteiger partial charge in [0.05, 0.1) is 9.79 Å². The molecule has 4 aromatic rings. The molecule has 0 fully saturated rings. The SMILES string of the molecule is CCCCCCCCCCCCCCc1ccc2c(S(=O)(=O)[O-])cccc2c1CCCCCCCCCCCCCC.CCCCCCCCCCCCCCc1ccc2c(S(=O)(=O)[O-])cccc2c1CCCCCCCCCCCCCC.[Ca+2]. The van der Waals surface area contributed by atoms with Crippen molar-refractivity contribution >= 4 is 79.5 Å². The van der Waals surface area contributed by atoms with Crippen LogP contribution in [-0.2, 0) is 45.9 Å². The molecule has 0 bridgehead atoms. The zero-order valence-corrected chi connectivity index (χ0v) is 59.4. The van der Waals surface area contributed by atoms with Crippen LogP contribution in [0.5, 0.6) is 0 Å². The summed E-state index contributed by atoms with van der Waals surface area (Å²) in [7, 11) is -8.99. The Morgan fingerprint density at radius 3 is 0.659 bits per heavy atom. The standard InChI is InChI=1S/2C38H64O3S.Ca/c2*1-3-5-7-9-11-13-15-17-19-21-23-25-28-34-32-33-37-36(30-27-31-38(37)42(39,40)41)35(34)29-26-24-22-20-18-16-14-12-10-8-6-4-2;/h2*27,30-33H,3-26,28-29H2,1-2H3,(H,39,40,41);/q;;+2/p-2. The fraction of sp³-hybridized carbons (Fsp3) is 0.737. The Bertz CT molecular complexity index is 2300. The van der Waals surface area contributed by atoms with Gasteiger partial charge in [-0.1, -0.05) is 359 Å². The number of aryl methyl sites for hydroxylation is 4. The monoisotopic (exact) mass is 1240 g/mol. The van der Waals surface area contributed by atoms with E-state index in [0.717, 1.165) is 49.3 Å². The molecule has 0 spiro atoms. The predicted molar refractivity (Wildman–Crippen MR) is 369 cm³/mol. The van der Waals surface area contributed by atoms with E-state index >= 15 is 0 Å². The van der Waals surface area contributed by atoms with Crippen molar-refractivity contribution in [3.63, 3.8) is 0 Å². The van der Waals surface area contributed by atoms with Crippen molar-refractivity contribution in [3.05, 3.63) is 82.9 Å². The van der Waals surface area contributed by atoms with E-state index in [2.05, 4.69) is 39.8 Å². The summed E-state index contributed by atoms with van der Waals surface area (Å²) >= 11 is 0. The third kappa shape index (κ3) is 36.8. The van der Waals surface area contributed by atoms with E-state index < -0.39 is 20.2 Å². The second kappa shape index (κ2) is 52.1. The average molecular weight is 1240 g/mol. The summed E-state index contributed by atoms with van der Waals surface area (Å²) in [6.07, 6.45) is 68.0. The predicted octanol–water partition coefficient (Wildman–Crippen LogP) is 24.1. The van der Waals surface area contributed by atoms with Crippen LogP contribution in [0.25, 0.3) is 21.5 Å². The molecule has 0 aliphatic rings. The summed E-state index contributed by atoms with van der Waals surface area (Å²) in [5.41, 5.74) is 5.23. The topological polar surface area (TPSA) is 114 Å². The molecule has 4 rings (SSSR count). The minimum absolute atomic E-state index is 0. The van der Waals surface area contributed by atoms with Crippen LogP contribution in [0.2, 0.25) is 0 Å². The van der Waals surface area contributed by atoms with Crippen LogP contribution in [0.15, 0.2) is 70.5 Å². The Balaban J connectivity index is 0.000000573. The van der Waals surface area contributed by atoms with Gasteiger partial charge >= 0.3 is 37.7 Å². The van der Waals surface area contributed by atoms with Gasteiger partial charge in [0, 0.05) is 0 Å². The minimum atomic E-state index is -4.50. The minimum Gasteiger partial charge on any atom is -0.744 e. The smallest absolute Gasteiger partial charge is 0.744 e. The first-order chi connectivity index (χ1) is 41.0. The van der Waals surface area contributed by atoms with E-state index in [1.54, 1.807) is 12.1 Å². The van der Waals surface area contributed by atoms with Gasteiger partial charge in [0.25, 0.3) is 0 Å². The van der Waals surface area contributed by atoms with Crippen LogP contribution in [0, 0.1) is 0 Å². The van der Waals surface area contributed by atoms with Crippen LogP contribution < -0.4 is 0 Å². The normalized spacial score (nSPS) is 11.8. The summed E-state index contributed by atoms with van der Waals surface area (Å²) in [5, 5.41) is 3.12. The van der Waals surface area contributed by atoms with E-state index in [9.17, 15) is 25.9 Å².